The molecule has 2 aromatic carbocycles. The molecule has 0 saturated heterocycles. The van der Waals surface area contributed by atoms with Crippen LogP contribution in [0.2, 0.25) is 5.02 Å². The fourth-order valence-electron chi connectivity index (χ4n) is 3.26. The fraction of sp³-hybridized carbons (Fsp3) is 0.0500. The molecule has 34 heavy (non-hydrogen) atoms. The van der Waals surface area contributed by atoms with E-state index in [-0.39, 0.29) is 17.2 Å². The molecule has 5 rings (SSSR count). The number of hydrogen-bond donors (Lipinski definition) is 2. The molecule has 0 spiro atoms. The predicted octanol–water partition coefficient (Wildman–Crippen LogP) is 3.13. The quantitative estimate of drug-likeness (QED) is 0.393. The van der Waals surface area contributed by atoms with Crippen LogP contribution < -0.4 is 5.32 Å². The van der Waals surface area contributed by atoms with Crippen molar-refractivity contribution in [2.45, 2.75) is 6.92 Å². The Morgan fingerprint density at radius 1 is 1.09 bits per heavy atom. The van der Waals surface area contributed by atoms with E-state index >= 15 is 0 Å². The molecule has 0 bridgehead atoms. The van der Waals surface area contributed by atoms with Crippen LogP contribution in [-0.2, 0) is 0 Å². The van der Waals surface area contributed by atoms with E-state index < -0.39 is 17.5 Å². The molecular weight excluding hydrogens is 470 g/mol. The number of nitrogens with one attached hydrogen (secondary N) is 2. The third-order valence-electron chi connectivity index (χ3n) is 4.88. The third kappa shape index (κ3) is 3.88. The zero-order valence-corrected chi connectivity index (χ0v) is 18.0. The predicted molar refractivity (Wildman–Crippen MR) is 116 cm³/mol. The topological polar surface area (TPSA) is 132 Å². The van der Waals surface area contributed by atoms with Gasteiger partial charge in [0.1, 0.15) is 0 Å². The Hall–Kier alpha value is -4.52. The van der Waals surface area contributed by atoms with Crippen LogP contribution >= 0.6 is 11.6 Å². The number of tetrazole rings is 1. The molecule has 0 unspecified atom stereocenters. The van der Waals surface area contributed by atoms with Crippen molar-refractivity contribution in [3.8, 4) is 22.8 Å². The lowest BCUT2D eigenvalue weighted by molar-refractivity contribution is 0.102. The lowest BCUT2D eigenvalue weighted by Gasteiger charge is -2.07. The van der Waals surface area contributed by atoms with E-state index in [0.29, 0.717) is 27.8 Å². The van der Waals surface area contributed by atoms with Crippen molar-refractivity contribution in [1.82, 2.24) is 45.4 Å². The van der Waals surface area contributed by atoms with Crippen LogP contribution in [0.3, 0.4) is 0 Å². The summed E-state index contributed by atoms with van der Waals surface area (Å²) in [4.78, 5) is 12.8. The summed E-state index contributed by atoms with van der Waals surface area (Å²) < 4.78 is 29.6. The van der Waals surface area contributed by atoms with E-state index in [1.165, 1.54) is 15.4 Å². The summed E-state index contributed by atoms with van der Waals surface area (Å²) in [6.45, 7) is 1.58. The average molecular weight is 483 g/mol. The van der Waals surface area contributed by atoms with Crippen molar-refractivity contribution in [3.63, 3.8) is 0 Å². The Morgan fingerprint density at radius 2 is 1.94 bits per heavy atom. The Morgan fingerprint density at radius 3 is 2.71 bits per heavy atom. The average Bonchev–Trinajstić information content (AvgIpc) is 3.57. The number of hydrogen-bond acceptors (Lipinski definition) is 7. The highest BCUT2D eigenvalue weighted by Crippen LogP contribution is 2.27. The third-order valence-corrected chi connectivity index (χ3v) is 5.11. The van der Waals surface area contributed by atoms with E-state index in [1.54, 1.807) is 37.4 Å². The Kier molecular flexibility index (Phi) is 5.30. The second kappa shape index (κ2) is 8.44. The van der Waals surface area contributed by atoms with Gasteiger partial charge >= 0.3 is 0 Å². The zero-order chi connectivity index (χ0) is 23.8. The summed E-state index contributed by atoms with van der Waals surface area (Å²) in [6.07, 6.45) is 1.63. The number of carbonyl (C=O) groups is 1. The van der Waals surface area contributed by atoms with Gasteiger partial charge in [0.05, 0.1) is 22.6 Å². The summed E-state index contributed by atoms with van der Waals surface area (Å²) in [7, 11) is 0. The molecule has 0 aliphatic rings. The number of H-pyrrole nitrogens is 1. The van der Waals surface area contributed by atoms with Gasteiger partial charge in [0.2, 0.25) is 5.82 Å². The SMILES string of the molecule is Cc1c(C(=O)Nc2ccn(-c3ccc(Cl)cc3-c3nn[nH]n3)n2)nnn1-c1ccc(F)c(F)c1. The molecule has 1 amide bonds. The highest BCUT2D eigenvalue weighted by atomic mass is 35.5. The van der Waals surface area contributed by atoms with E-state index in [2.05, 4.69) is 41.4 Å². The van der Waals surface area contributed by atoms with Gasteiger partial charge < -0.3 is 5.32 Å². The summed E-state index contributed by atoms with van der Waals surface area (Å²) in [5.41, 5.74) is 1.74. The van der Waals surface area contributed by atoms with Gasteiger partial charge in [-0.15, -0.1) is 15.3 Å². The first-order valence-electron chi connectivity index (χ1n) is 9.69. The first-order chi connectivity index (χ1) is 16.4. The Balaban J connectivity index is 1.40. The summed E-state index contributed by atoms with van der Waals surface area (Å²) in [5, 5.41) is 29.1. The van der Waals surface area contributed by atoms with Gasteiger partial charge in [-0.2, -0.15) is 10.3 Å². The maximum Gasteiger partial charge on any atom is 0.279 e. The molecular formula is C20H13ClF2N10O. The molecule has 3 aromatic heterocycles. The first-order valence-corrected chi connectivity index (χ1v) is 10.1. The van der Waals surface area contributed by atoms with E-state index in [1.807, 2.05) is 0 Å². The second-order valence-corrected chi connectivity index (χ2v) is 7.47. The molecule has 0 aliphatic carbocycles. The normalized spacial score (nSPS) is 11.1. The number of rotatable bonds is 5. The molecule has 2 N–H and O–H groups in total. The van der Waals surface area contributed by atoms with Crippen LogP contribution in [-0.4, -0.2) is 51.3 Å². The maximum absolute atomic E-state index is 13.6. The van der Waals surface area contributed by atoms with Crippen molar-refractivity contribution >= 4 is 23.3 Å². The van der Waals surface area contributed by atoms with E-state index in [4.69, 9.17) is 11.6 Å². The minimum Gasteiger partial charge on any atom is -0.304 e. The van der Waals surface area contributed by atoms with Crippen molar-refractivity contribution in [1.29, 1.82) is 0 Å². The Bertz CT molecular complexity index is 1510. The number of aromatic nitrogens is 9. The van der Waals surface area contributed by atoms with Crippen LogP contribution in [0.15, 0.2) is 48.7 Å². The molecule has 0 fully saturated rings. The minimum absolute atomic E-state index is 0.00161. The summed E-state index contributed by atoms with van der Waals surface area (Å²) >= 11 is 6.11. The second-order valence-electron chi connectivity index (χ2n) is 7.03. The van der Waals surface area contributed by atoms with Crippen LogP contribution in [0.5, 0.6) is 0 Å². The molecule has 170 valence electrons. The number of amides is 1. The van der Waals surface area contributed by atoms with Crippen molar-refractivity contribution < 1.29 is 13.6 Å². The maximum atomic E-state index is 13.6. The van der Waals surface area contributed by atoms with Crippen LogP contribution in [0.25, 0.3) is 22.8 Å². The molecule has 0 radical (unpaired) electrons. The molecule has 0 atom stereocenters. The molecule has 3 heterocycles. The molecule has 0 aliphatic heterocycles. The van der Waals surface area contributed by atoms with Crippen LogP contribution in [0.1, 0.15) is 16.2 Å². The monoisotopic (exact) mass is 482 g/mol. The van der Waals surface area contributed by atoms with Gasteiger partial charge in [-0.1, -0.05) is 16.8 Å². The minimum atomic E-state index is -1.04. The smallest absolute Gasteiger partial charge is 0.279 e. The number of halogens is 3. The lowest BCUT2D eigenvalue weighted by atomic mass is 10.1. The zero-order valence-electron chi connectivity index (χ0n) is 17.2. The van der Waals surface area contributed by atoms with Crippen molar-refractivity contribution in [3.05, 3.63) is 76.7 Å². The summed E-state index contributed by atoms with van der Waals surface area (Å²) in [5.74, 6) is -2.04. The Labute approximate surface area is 194 Å². The van der Waals surface area contributed by atoms with Crippen molar-refractivity contribution in [2.24, 2.45) is 0 Å². The number of anilines is 1. The van der Waals surface area contributed by atoms with Gasteiger partial charge in [0.15, 0.2) is 23.1 Å². The fourth-order valence-corrected chi connectivity index (χ4v) is 3.44. The van der Waals surface area contributed by atoms with Gasteiger partial charge in [-0.25, -0.2) is 18.1 Å². The first kappa shape index (κ1) is 21.3. The van der Waals surface area contributed by atoms with Crippen molar-refractivity contribution in [2.75, 3.05) is 5.32 Å². The van der Waals surface area contributed by atoms with E-state index in [0.717, 1.165) is 12.1 Å². The molecule has 14 heteroatoms. The largest absolute Gasteiger partial charge is 0.304 e. The van der Waals surface area contributed by atoms with Crippen LogP contribution in [0.4, 0.5) is 14.6 Å². The highest BCUT2D eigenvalue weighted by Gasteiger charge is 2.20. The number of benzene rings is 2. The lowest BCUT2D eigenvalue weighted by Crippen LogP contribution is -2.15. The molecule has 11 nitrogen and oxygen atoms in total. The van der Waals surface area contributed by atoms with Gasteiger partial charge in [0, 0.05) is 23.4 Å². The van der Waals surface area contributed by atoms with Gasteiger partial charge in [-0.3, -0.25) is 4.79 Å². The highest BCUT2D eigenvalue weighted by molar-refractivity contribution is 6.31. The molecule has 5 aromatic rings. The van der Waals surface area contributed by atoms with Gasteiger partial charge in [0.25, 0.3) is 5.91 Å². The number of nitrogens with zero attached hydrogens (tertiary/aromatic N) is 8. The standard InChI is InChI=1S/C20H13ClF2N10O/c1-10-18(25-31-33(10)12-3-4-14(22)15(23)9-12)20(34)24-17-6-7-32(28-17)16-5-2-11(21)8-13(16)19-26-29-30-27-19/h2-9H,1H3,(H,24,28,34)(H,26,27,29,30). The van der Waals surface area contributed by atoms with Crippen LogP contribution in [0, 0.1) is 18.6 Å². The van der Waals surface area contributed by atoms with E-state index in [9.17, 15) is 13.6 Å². The number of aromatic amines is 1. The number of carbonyl (C=O) groups excluding carboxylic acids is 1. The molecule has 0 saturated carbocycles. The van der Waals surface area contributed by atoms with Gasteiger partial charge in [-0.05, 0) is 42.5 Å². The summed E-state index contributed by atoms with van der Waals surface area (Å²) in [6, 6.07) is 9.93.